The van der Waals surface area contributed by atoms with Gasteiger partial charge in [0.15, 0.2) is 12.0 Å². The lowest BCUT2D eigenvalue weighted by Gasteiger charge is -2.25. The Bertz CT molecular complexity index is 754. The third-order valence-electron chi connectivity index (χ3n) is 3.38. The molecule has 1 saturated heterocycles. The highest BCUT2D eigenvalue weighted by Crippen LogP contribution is 2.49. The van der Waals surface area contributed by atoms with Crippen molar-refractivity contribution in [2.75, 3.05) is 6.61 Å². The van der Waals surface area contributed by atoms with Crippen LogP contribution in [-0.2, 0) is 4.74 Å². The van der Waals surface area contributed by atoms with Crippen LogP contribution in [0.4, 0.5) is 13.2 Å². The molecule has 0 saturated carbocycles. The van der Waals surface area contributed by atoms with Gasteiger partial charge in [-0.2, -0.15) is 13.2 Å². The lowest BCUT2D eigenvalue weighted by atomic mass is 9.95. The second kappa shape index (κ2) is 5.70. The molecule has 0 radical (unpaired) electrons. The van der Waals surface area contributed by atoms with Crippen molar-refractivity contribution in [1.29, 1.82) is 0 Å². The molecule has 0 aromatic carbocycles. The van der Waals surface area contributed by atoms with E-state index in [0.29, 0.717) is 4.57 Å². The molecule has 1 aromatic heterocycles. The van der Waals surface area contributed by atoms with E-state index in [0.717, 1.165) is 12.3 Å². The molecule has 3 N–H and O–H groups in total. The van der Waals surface area contributed by atoms with Crippen LogP contribution in [-0.4, -0.2) is 44.4 Å². The summed E-state index contributed by atoms with van der Waals surface area (Å²) in [7, 11) is 0. The third kappa shape index (κ3) is 2.82. The number of aromatic nitrogens is 2. The van der Waals surface area contributed by atoms with Crippen LogP contribution in [0.5, 0.6) is 0 Å². The molecule has 2 rings (SSSR count). The highest BCUT2D eigenvalue weighted by molar-refractivity contribution is 5.02. The zero-order valence-electron chi connectivity index (χ0n) is 11.1. The summed E-state index contributed by atoms with van der Waals surface area (Å²) in [6.45, 7) is -1.25. The number of nitrogens with one attached hydrogen (secondary N) is 1. The van der Waals surface area contributed by atoms with Gasteiger partial charge in [0, 0.05) is 17.2 Å². The number of H-pyrrole nitrogens is 1. The Morgan fingerprint density at radius 3 is 2.65 bits per heavy atom. The molecule has 0 spiro atoms. The summed E-state index contributed by atoms with van der Waals surface area (Å²) in [4.78, 5) is 26.7. The van der Waals surface area contributed by atoms with Gasteiger partial charge in [-0.15, -0.1) is 0 Å². The summed E-state index contributed by atoms with van der Waals surface area (Å²) in [6, 6.07) is 0.775. The van der Waals surface area contributed by atoms with Gasteiger partial charge in [-0.05, 0) is 5.53 Å². The normalized spacial score (nSPS) is 30.9. The van der Waals surface area contributed by atoms with E-state index in [-0.39, 0.29) is 0 Å². The van der Waals surface area contributed by atoms with Gasteiger partial charge in [0.1, 0.15) is 12.0 Å². The Kier molecular flexibility index (Phi) is 4.22. The zero-order valence-corrected chi connectivity index (χ0v) is 11.1. The van der Waals surface area contributed by atoms with E-state index < -0.39 is 48.0 Å². The van der Waals surface area contributed by atoms with Crippen molar-refractivity contribution in [3.63, 3.8) is 0 Å². The van der Waals surface area contributed by atoms with Gasteiger partial charge in [-0.25, -0.2) is 4.79 Å². The number of aliphatic hydroxyl groups is 2. The number of azide groups is 1. The first-order chi connectivity index (χ1) is 10.7. The average Bonchev–Trinajstić information content (AvgIpc) is 2.72. The minimum Gasteiger partial charge on any atom is -0.393 e. The smallest absolute Gasteiger partial charge is 0.393 e. The molecule has 0 amide bonds. The summed E-state index contributed by atoms with van der Waals surface area (Å²) >= 11 is 0. The van der Waals surface area contributed by atoms with E-state index in [4.69, 9.17) is 10.3 Å². The molecule has 1 aliphatic heterocycles. The van der Waals surface area contributed by atoms with E-state index in [1.165, 1.54) is 0 Å². The summed E-state index contributed by atoms with van der Waals surface area (Å²) in [5.41, 5.74) is 3.75. The fraction of sp³-hybridized carbons (Fsp3) is 0.600. The second-order valence-electron chi connectivity index (χ2n) is 4.73. The average molecular weight is 337 g/mol. The largest absolute Gasteiger partial charge is 0.398 e. The van der Waals surface area contributed by atoms with Crippen LogP contribution in [0, 0.1) is 5.92 Å². The van der Waals surface area contributed by atoms with Crippen LogP contribution < -0.4 is 11.2 Å². The Balaban J connectivity index is 2.62. The van der Waals surface area contributed by atoms with E-state index in [9.17, 15) is 33.0 Å². The van der Waals surface area contributed by atoms with Crippen LogP contribution in [0.25, 0.3) is 10.4 Å². The molecule has 126 valence electrons. The van der Waals surface area contributed by atoms with E-state index in [1.807, 2.05) is 0 Å². The molecule has 0 bridgehead atoms. The molecular weight excluding hydrogens is 327 g/mol. The van der Waals surface area contributed by atoms with Gasteiger partial charge >= 0.3 is 11.9 Å². The Morgan fingerprint density at radius 2 is 2.17 bits per heavy atom. The van der Waals surface area contributed by atoms with Crippen molar-refractivity contribution in [3.05, 3.63) is 43.5 Å². The molecule has 10 nitrogen and oxygen atoms in total. The van der Waals surface area contributed by atoms with Crippen LogP contribution in [0.3, 0.4) is 0 Å². The maximum Gasteiger partial charge on any atom is 0.398 e. The van der Waals surface area contributed by atoms with Crippen LogP contribution in [0.2, 0.25) is 0 Å². The molecule has 0 aliphatic carbocycles. The molecule has 23 heavy (non-hydrogen) atoms. The zero-order chi connectivity index (χ0) is 17.4. The topological polar surface area (TPSA) is 153 Å². The first-order valence-corrected chi connectivity index (χ1v) is 6.07. The molecule has 13 heteroatoms. The van der Waals surface area contributed by atoms with Crippen LogP contribution in [0.15, 0.2) is 27.0 Å². The predicted molar refractivity (Wildman–Crippen MR) is 66.0 cm³/mol. The Hall–Kier alpha value is -2.34. The summed E-state index contributed by atoms with van der Waals surface area (Å²) < 4.78 is 45.0. The fourth-order valence-electron chi connectivity index (χ4n) is 2.31. The van der Waals surface area contributed by atoms with Crippen LogP contribution in [0.1, 0.15) is 6.23 Å². The van der Waals surface area contributed by atoms with E-state index in [1.54, 1.807) is 4.98 Å². The molecule has 1 aromatic rings. The van der Waals surface area contributed by atoms with E-state index >= 15 is 0 Å². The van der Waals surface area contributed by atoms with Crippen LogP contribution >= 0.6 is 0 Å². The number of halogens is 3. The predicted octanol–water partition coefficient (Wildman–Crippen LogP) is -0.396. The number of alkyl halides is 3. The molecule has 1 aliphatic rings. The standard InChI is InChI=1S/C10H10F3N5O5/c11-10(12,13)5-6(21)9(3-19,16-17-14)23-7(5)18-2-1-4(20)15-8(18)22/h1-2,5-7,19,21H,3H2,(H,15,20,22)/t5-,6-,7+,9?/m0/s1. The minimum atomic E-state index is -5.05. The highest BCUT2D eigenvalue weighted by atomic mass is 19.4. The van der Waals surface area contributed by atoms with E-state index in [2.05, 4.69) is 10.0 Å². The summed E-state index contributed by atoms with van der Waals surface area (Å²) in [5, 5.41) is 22.0. The van der Waals surface area contributed by atoms with Gasteiger partial charge in [0.05, 0.1) is 6.61 Å². The summed E-state index contributed by atoms with van der Waals surface area (Å²) in [6.07, 6.45) is -8.93. The molecule has 2 heterocycles. The number of hydrogen-bond donors (Lipinski definition) is 3. The fourth-order valence-corrected chi connectivity index (χ4v) is 2.31. The maximum absolute atomic E-state index is 13.2. The van der Waals surface area contributed by atoms with Gasteiger partial charge in [-0.1, -0.05) is 5.11 Å². The van der Waals surface area contributed by atoms with Gasteiger partial charge < -0.3 is 14.9 Å². The number of aromatic amines is 1. The lowest BCUT2D eigenvalue weighted by Crippen LogP contribution is -2.46. The quantitative estimate of drug-likeness (QED) is 0.389. The first-order valence-electron chi connectivity index (χ1n) is 6.07. The van der Waals surface area contributed by atoms with Gasteiger partial charge in [-0.3, -0.25) is 14.3 Å². The minimum absolute atomic E-state index is 0.382. The number of nitrogens with zero attached hydrogens (tertiary/aromatic N) is 4. The SMILES string of the molecule is [N-]=[N+]=NC1(CO)O[C@@H](n2ccc(=O)[nH]c2=O)[C@@H](C(F)(F)F)[C@@H]1O. The maximum atomic E-state index is 13.2. The van der Waals surface area contributed by atoms with Crippen molar-refractivity contribution >= 4 is 0 Å². The van der Waals surface area contributed by atoms with Crippen molar-refractivity contribution in [2.45, 2.75) is 24.2 Å². The number of aliphatic hydroxyl groups excluding tert-OH is 2. The first kappa shape index (κ1) is 17.0. The number of ether oxygens (including phenoxy) is 1. The lowest BCUT2D eigenvalue weighted by molar-refractivity contribution is -0.211. The van der Waals surface area contributed by atoms with Crippen molar-refractivity contribution in [1.82, 2.24) is 9.55 Å². The second-order valence-corrected chi connectivity index (χ2v) is 4.73. The summed E-state index contributed by atoms with van der Waals surface area (Å²) in [5.74, 6) is -2.68. The monoisotopic (exact) mass is 337 g/mol. The highest BCUT2D eigenvalue weighted by Gasteiger charge is 2.64. The van der Waals surface area contributed by atoms with Crippen molar-refractivity contribution < 1.29 is 28.1 Å². The van der Waals surface area contributed by atoms with Crippen molar-refractivity contribution in [2.24, 2.45) is 11.0 Å². The molecular formula is C10H10F3N5O5. The van der Waals surface area contributed by atoms with Crippen molar-refractivity contribution in [3.8, 4) is 0 Å². The molecule has 1 unspecified atom stereocenters. The molecule has 4 atom stereocenters. The Labute approximate surface area is 124 Å². The number of hydrogen-bond acceptors (Lipinski definition) is 6. The van der Waals surface area contributed by atoms with Gasteiger partial charge in [0.25, 0.3) is 5.56 Å². The third-order valence-corrected chi connectivity index (χ3v) is 3.38. The Morgan fingerprint density at radius 1 is 1.52 bits per heavy atom. The van der Waals surface area contributed by atoms with Gasteiger partial charge in [0.2, 0.25) is 0 Å². The molecule has 1 fully saturated rings. The number of rotatable bonds is 3.